The van der Waals surface area contributed by atoms with Gasteiger partial charge in [-0.1, -0.05) is 0 Å². The maximum atomic E-state index is 13.5. The van der Waals surface area contributed by atoms with Crippen LogP contribution in [-0.4, -0.2) is 528 Å². The van der Waals surface area contributed by atoms with Gasteiger partial charge in [-0.25, -0.2) is 0 Å². The number of amides is 4. The second-order valence-corrected chi connectivity index (χ2v) is 31.0. The molecular weight excluding hydrogens is 1670 g/mol. The van der Waals surface area contributed by atoms with Crippen molar-refractivity contribution in [3.8, 4) is 0 Å². The second-order valence-electron chi connectivity index (χ2n) is 31.0. The third-order valence-electron chi connectivity index (χ3n) is 22.4. The summed E-state index contributed by atoms with van der Waals surface area (Å²) < 4.78 is 114. The van der Waals surface area contributed by atoms with Crippen molar-refractivity contribution in [1.29, 1.82) is 0 Å². The van der Waals surface area contributed by atoms with Crippen molar-refractivity contribution in [3.63, 3.8) is 0 Å². The molecule has 31 N–H and O–H groups in total. The molecule has 54 heteroatoms. The number of hydrogen-bond donors (Lipinski definition) is 31. The van der Waals surface area contributed by atoms with E-state index in [1.165, 1.54) is 6.92 Å². The van der Waals surface area contributed by atoms with Gasteiger partial charge in [0.1, 0.15) is 238 Å². The summed E-state index contributed by atoms with van der Waals surface area (Å²) in [6.45, 7) is -5.23. The summed E-state index contributed by atoms with van der Waals surface area (Å²) in [5.41, 5.74) is 0. The predicted molar refractivity (Wildman–Crippen MR) is 375 cm³/mol. The molecule has 4 amide bonds. The van der Waals surface area contributed by atoms with Crippen LogP contribution in [0, 0.1) is 0 Å². The Morgan fingerprint density at radius 3 is 0.934 bits per heavy atom. The van der Waals surface area contributed by atoms with Crippen molar-refractivity contribution in [1.82, 2.24) is 21.3 Å². The molecule has 122 heavy (non-hydrogen) atoms. The number of aliphatic hydroxyl groups excluding tert-OH is 27. The van der Waals surface area contributed by atoms with Gasteiger partial charge in [-0.3, -0.25) is 19.2 Å². The molecule has 50 atom stereocenters. The zero-order chi connectivity index (χ0) is 89.8. The van der Waals surface area contributed by atoms with Crippen LogP contribution in [-0.2, 0) is 109 Å². The minimum Gasteiger partial charge on any atom is -0.394 e. The summed E-state index contributed by atoms with van der Waals surface area (Å²) in [6, 6.07) is -7.63. The Bertz CT molecular complexity index is 3290. The average Bonchev–Trinajstić information content (AvgIpc) is 0.739. The van der Waals surface area contributed by atoms with Crippen LogP contribution < -0.4 is 21.3 Å². The van der Waals surface area contributed by atoms with Crippen molar-refractivity contribution in [2.24, 2.45) is 0 Å². The third kappa shape index (κ3) is 21.9. The molecule has 0 aliphatic carbocycles. The summed E-state index contributed by atoms with van der Waals surface area (Å²) in [5.74, 6) is -3.75. The van der Waals surface area contributed by atoms with Gasteiger partial charge in [-0.15, -0.1) is 0 Å². The molecule has 706 valence electrons. The smallest absolute Gasteiger partial charge is 0.217 e. The van der Waals surface area contributed by atoms with E-state index < -0.39 is 390 Å². The zero-order valence-electron chi connectivity index (χ0n) is 65.7. The fourth-order valence-corrected chi connectivity index (χ4v) is 15.9. The highest BCUT2D eigenvalue weighted by atomic mass is 16.8. The highest BCUT2D eigenvalue weighted by Crippen LogP contribution is 2.41. The lowest BCUT2D eigenvalue weighted by Gasteiger charge is -2.52. The van der Waals surface area contributed by atoms with E-state index in [1.807, 2.05) is 0 Å². The van der Waals surface area contributed by atoms with Crippen molar-refractivity contribution < 1.29 is 247 Å². The van der Waals surface area contributed by atoms with Crippen molar-refractivity contribution in [3.05, 3.63) is 0 Å². The molecule has 0 unspecified atom stereocenters. The summed E-state index contributed by atoms with van der Waals surface area (Å²) >= 11 is 0. The number of carbonyl (C=O) groups is 4. The molecule has 0 aromatic carbocycles. The van der Waals surface area contributed by atoms with Gasteiger partial charge in [0.25, 0.3) is 0 Å². The lowest BCUT2D eigenvalue weighted by atomic mass is 9.93. The van der Waals surface area contributed by atoms with Gasteiger partial charge in [0, 0.05) is 27.7 Å². The van der Waals surface area contributed by atoms with Crippen LogP contribution in [0.15, 0.2) is 0 Å². The van der Waals surface area contributed by atoms with Gasteiger partial charge >= 0.3 is 0 Å². The Labute approximate surface area is 691 Å². The van der Waals surface area contributed by atoms with Crippen LogP contribution in [0.1, 0.15) is 34.6 Å². The molecular formula is C68H114N4O50. The first-order valence-corrected chi connectivity index (χ1v) is 39.0. The van der Waals surface area contributed by atoms with Crippen LogP contribution >= 0.6 is 0 Å². The van der Waals surface area contributed by atoms with Gasteiger partial charge in [0.2, 0.25) is 23.6 Å². The Balaban J connectivity index is 1.01. The Morgan fingerprint density at radius 2 is 0.508 bits per heavy atom. The molecule has 10 fully saturated rings. The number of aliphatic hydroxyl groups is 27. The van der Waals surface area contributed by atoms with E-state index in [2.05, 4.69) is 21.3 Å². The van der Waals surface area contributed by atoms with Crippen LogP contribution in [0.3, 0.4) is 0 Å². The molecule has 0 spiro atoms. The molecule has 10 aliphatic rings. The largest absolute Gasteiger partial charge is 0.394 e. The van der Waals surface area contributed by atoms with Crippen molar-refractivity contribution in [2.45, 2.75) is 341 Å². The van der Waals surface area contributed by atoms with Crippen LogP contribution in [0.5, 0.6) is 0 Å². The summed E-state index contributed by atoms with van der Waals surface area (Å²) in [7, 11) is 0. The molecule has 10 rings (SSSR count). The van der Waals surface area contributed by atoms with Crippen molar-refractivity contribution in [2.75, 3.05) is 59.5 Å². The number of carbonyl (C=O) groups excluding carboxylic acids is 4. The van der Waals surface area contributed by atoms with Crippen LogP contribution in [0.25, 0.3) is 0 Å². The van der Waals surface area contributed by atoms with Crippen LogP contribution in [0.2, 0.25) is 0 Å². The molecule has 54 nitrogen and oxygen atoms in total. The van der Waals surface area contributed by atoms with Gasteiger partial charge < -0.3 is 249 Å². The molecule has 0 aromatic rings. The molecule has 10 saturated heterocycles. The highest BCUT2D eigenvalue weighted by Gasteiger charge is 2.62. The maximum absolute atomic E-state index is 13.5. The first-order valence-electron chi connectivity index (χ1n) is 39.0. The Kier molecular flexibility index (Phi) is 35.8. The first kappa shape index (κ1) is 100. The Morgan fingerprint density at radius 1 is 0.230 bits per heavy atom. The molecule has 10 aliphatic heterocycles. The fraction of sp³-hybridized carbons (Fsp3) is 0.941. The van der Waals surface area contributed by atoms with Crippen LogP contribution in [0.4, 0.5) is 0 Å². The lowest BCUT2D eigenvalue weighted by Crippen LogP contribution is -2.71. The monoisotopic (exact) mass is 1790 g/mol. The minimum atomic E-state index is -2.64. The Hall–Kier alpha value is -3.96. The highest BCUT2D eigenvalue weighted by molar-refractivity contribution is 5.74. The number of ether oxygens (including phenoxy) is 19. The lowest BCUT2D eigenvalue weighted by molar-refractivity contribution is -0.403. The van der Waals surface area contributed by atoms with E-state index >= 15 is 0 Å². The fourth-order valence-electron chi connectivity index (χ4n) is 15.9. The number of nitrogens with one attached hydrogen (secondary N) is 4. The topological polar surface area (TPSA) is 838 Å². The summed E-state index contributed by atoms with van der Waals surface area (Å²) in [5, 5.41) is 311. The minimum absolute atomic E-state index is 0.803. The molecule has 0 saturated carbocycles. The van der Waals surface area contributed by atoms with Gasteiger partial charge in [0.05, 0.1) is 65.6 Å². The molecule has 0 radical (unpaired) electrons. The molecule has 0 bridgehead atoms. The first-order chi connectivity index (χ1) is 57.7. The normalized spacial score (nSPS) is 49.7. The van der Waals surface area contributed by atoms with E-state index in [-0.39, 0.29) is 0 Å². The standard InChI is InChI=1S/C68H114N4O50/c1-15-33(85)42(94)47(99)63(105-15)119-55-32(72-19(5)84)62(113-27(13-80)54(55)118-65-49(101)44(96)35(87)21(7-74)108-65)122-58-46(98)37(89)23(9-76)110-68(58)120-56-38(90)28(114-66(50(56)102)117-53-26(12-79)111-60(30(40(53)92)70-17(3)82)115-51-24(10-77)106-59(103)29(39(51)91)69-16(2)81)14-104-67-57(45(97)36(88)22(8-75)109-67)121-61-31(71-18(4)83)41(93)52(25(11-78)112-61)116-64-48(100)43(95)34(86)20(6-73)107-64/h15,20-68,73-80,85-103H,6-14H2,1-5H3,(H,69,81)(H,70,82)(H,71,83)(H,72,84)/t15-,20+,21+,22+,23+,24+,25+,26+,27+,28+,29+,30+,31+,32+,33+,34-,35-,36+,37+,38+,39+,40+,41+,42+,43-,44-,45-,46-,47-,48+,49+,50-,51+,52+,53+,54+,55+,56-,57-,58-,59-,60-,61-,62-,63-,64-,65-,66-,67-,68+/m0/s1. The molecule has 10 heterocycles. The number of rotatable bonds is 31. The van der Waals surface area contributed by atoms with Gasteiger partial charge in [-0.2, -0.15) is 0 Å². The third-order valence-corrected chi connectivity index (χ3v) is 22.4. The van der Waals surface area contributed by atoms with Gasteiger partial charge in [0.15, 0.2) is 62.9 Å². The van der Waals surface area contributed by atoms with E-state index in [9.17, 15) is 157 Å². The van der Waals surface area contributed by atoms with E-state index in [0.29, 0.717) is 0 Å². The quantitative estimate of drug-likeness (QED) is 0.0306. The maximum Gasteiger partial charge on any atom is 0.217 e. The summed E-state index contributed by atoms with van der Waals surface area (Å²) in [6.07, 6.45) is -97.0. The second kappa shape index (κ2) is 43.6. The molecule has 0 aromatic heterocycles. The zero-order valence-corrected chi connectivity index (χ0v) is 65.7. The van der Waals surface area contributed by atoms with Gasteiger partial charge in [-0.05, 0) is 6.92 Å². The van der Waals surface area contributed by atoms with E-state index in [1.54, 1.807) is 0 Å². The van der Waals surface area contributed by atoms with Crippen molar-refractivity contribution >= 4 is 23.6 Å². The summed E-state index contributed by atoms with van der Waals surface area (Å²) in [4.78, 5) is 51.8. The van der Waals surface area contributed by atoms with E-state index in [4.69, 9.17) is 90.0 Å². The van der Waals surface area contributed by atoms with E-state index in [0.717, 1.165) is 27.7 Å². The number of hydrogen-bond acceptors (Lipinski definition) is 50. The predicted octanol–water partition coefficient (Wildman–Crippen LogP) is -21.2. The SMILES string of the molecule is CC(=O)N[C@@H]1[C@@H](O)[C@H](O[C@@H]2O[C@H](CO)[C@@H](O[C@@H]3O[C@H](CO[C@H]4O[C@H](CO)[C@@H](O)[C@H](O)[C@@H]4O[C@@H]4O[C@H](CO)[C@@H](O[C@@H]5O[C@H](CO)[C@H](O)[C@H](O)[C@H]5O)[C@H](O)[C@H]4NC(C)=O)[C@@H](O)[C@H](O[C@H]4O[C@H](CO)[C@@H](O)[C@H](O)[C@@H]4O[C@@H]4O[C@H](CO)[C@@H](O[C@@H]5O[C@H](CO)[C@H](O)[C@H](O)[C@H]5O)[C@H](O[C@@H]5O[C@@H](C)[C@@H](O)[C@@H](O)[C@@H]5O)[C@H]4NC(C)=O)[C@@H]3O)[C@H](O)[C@H]2NC(C)=O)[C@@H](CO)O[C@@H]1O. The average molecular weight is 1790 g/mol.